The van der Waals surface area contributed by atoms with Gasteiger partial charge in [-0.05, 0) is 13.3 Å². The monoisotopic (exact) mass is 129 g/mol. The zero-order chi connectivity index (χ0) is 7.33. The number of hydrogen-bond acceptors (Lipinski definition) is 2. The Bertz CT molecular complexity index is 88.9. The molecule has 0 aromatic rings. The third kappa shape index (κ3) is 4.15. The maximum absolute atomic E-state index is 10.2. The van der Waals surface area contributed by atoms with Crippen molar-refractivity contribution in [2.45, 2.75) is 38.6 Å². The number of carbonyl (C=O) groups is 1. The van der Waals surface area contributed by atoms with E-state index in [1.54, 1.807) is 6.92 Å². The summed E-state index contributed by atoms with van der Waals surface area (Å²) in [7, 11) is 0. The van der Waals surface area contributed by atoms with Crippen LogP contribution in [0.4, 0.5) is 0 Å². The second-order valence-corrected chi connectivity index (χ2v) is 2.73. The molecule has 2 nitrogen and oxygen atoms in total. The second-order valence-electron chi connectivity index (χ2n) is 2.73. The summed E-state index contributed by atoms with van der Waals surface area (Å²) in [6, 6.07) is 0. The Kier molecular flexibility index (Phi) is 3.47. The van der Waals surface area contributed by atoms with Gasteiger partial charge in [-0.15, -0.1) is 0 Å². The lowest BCUT2D eigenvalue weighted by atomic mass is 9.99. The van der Waals surface area contributed by atoms with Crippen LogP contribution in [0.15, 0.2) is 0 Å². The minimum Gasteiger partial charge on any atom is -0.319 e. The number of unbranched alkanes of at least 4 members (excludes halogenated alkanes) is 1. The molecule has 9 heavy (non-hydrogen) atoms. The SMILES string of the molecule is CCCC[C@](C)(N)C=O. The van der Waals surface area contributed by atoms with Crippen LogP contribution in [-0.4, -0.2) is 11.8 Å². The van der Waals surface area contributed by atoms with Gasteiger partial charge in [0.1, 0.15) is 6.29 Å². The van der Waals surface area contributed by atoms with Crippen molar-refractivity contribution in [3.05, 3.63) is 0 Å². The van der Waals surface area contributed by atoms with Crippen molar-refractivity contribution in [3.8, 4) is 0 Å². The minimum atomic E-state index is -0.587. The number of rotatable bonds is 4. The van der Waals surface area contributed by atoms with Gasteiger partial charge < -0.3 is 10.5 Å². The lowest BCUT2D eigenvalue weighted by molar-refractivity contribution is -0.112. The van der Waals surface area contributed by atoms with Crippen LogP contribution in [0.1, 0.15) is 33.1 Å². The molecule has 0 fully saturated rings. The highest BCUT2D eigenvalue weighted by molar-refractivity contribution is 5.62. The molecule has 0 aromatic heterocycles. The first-order valence-corrected chi connectivity index (χ1v) is 3.37. The van der Waals surface area contributed by atoms with Gasteiger partial charge in [-0.25, -0.2) is 0 Å². The van der Waals surface area contributed by atoms with Gasteiger partial charge >= 0.3 is 0 Å². The topological polar surface area (TPSA) is 43.1 Å². The highest BCUT2D eigenvalue weighted by atomic mass is 16.1. The molecule has 0 unspecified atom stereocenters. The van der Waals surface area contributed by atoms with Crippen LogP contribution >= 0.6 is 0 Å². The van der Waals surface area contributed by atoms with Crippen LogP contribution in [0.25, 0.3) is 0 Å². The molecule has 0 rings (SSSR count). The molecular weight excluding hydrogens is 114 g/mol. The standard InChI is InChI=1S/C7H15NO/c1-3-4-5-7(2,8)6-9/h6H,3-5,8H2,1-2H3/t7-/m0/s1. The van der Waals surface area contributed by atoms with E-state index in [-0.39, 0.29) is 0 Å². The summed E-state index contributed by atoms with van der Waals surface area (Å²) >= 11 is 0. The Labute approximate surface area is 56.4 Å². The second kappa shape index (κ2) is 3.62. The molecule has 0 spiro atoms. The first-order valence-electron chi connectivity index (χ1n) is 3.37. The van der Waals surface area contributed by atoms with Crippen LogP contribution in [0.3, 0.4) is 0 Å². The normalized spacial score (nSPS) is 16.8. The molecule has 0 saturated carbocycles. The van der Waals surface area contributed by atoms with Crippen molar-refractivity contribution in [2.24, 2.45) is 5.73 Å². The van der Waals surface area contributed by atoms with Crippen LogP contribution < -0.4 is 5.73 Å². The summed E-state index contributed by atoms with van der Waals surface area (Å²) in [5, 5.41) is 0. The van der Waals surface area contributed by atoms with Gasteiger partial charge in [0.05, 0.1) is 5.54 Å². The van der Waals surface area contributed by atoms with Crippen molar-refractivity contribution >= 4 is 6.29 Å². The lowest BCUT2D eigenvalue weighted by Crippen LogP contribution is -2.37. The van der Waals surface area contributed by atoms with E-state index in [1.165, 1.54) is 0 Å². The molecular formula is C7H15NO. The van der Waals surface area contributed by atoms with E-state index >= 15 is 0 Å². The van der Waals surface area contributed by atoms with Crippen molar-refractivity contribution in [1.82, 2.24) is 0 Å². The van der Waals surface area contributed by atoms with Crippen LogP contribution in [0, 0.1) is 0 Å². The van der Waals surface area contributed by atoms with Crippen molar-refractivity contribution in [2.75, 3.05) is 0 Å². The van der Waals surface area contributed by atoms with Gasteiger partial charge in [0, 0.05) is 0 Å². The smallest absolute Gasteiger partial charge is 0.139 e. The Hall–Kier alpha value is -0.370. The molecule has 0 saturated heterocycles. The first kappa shape index (κ1) is 8.63. The van der Waals surface area contributed by atoms with Gasteiger partial charge in [-0.3, -0.25) is 0 Å². The van der Waals surface area contributed by atoms with Gasteiger partial charge in [0.15, 0.2) is 0 Å². The van der Waals surface area contributed by atoms with Gasteiger partial charge in [0.2, 0.25) is 0 Å². The summed E-state index contributed by atoms with van der Waals surface area (Å²) in [5.74, 6) is 0. The van der Waals surface area contributed by atoms with E-state index in [9.17, 15) is 4.79 Å². The molecule has 0 aliphatic rings. The van der Waals surface area contributed by atoms with E-state index in [4.69, 9.17) is 5.73 Å². The molecule has 0 aromatic carbocycles. The van der Waals surface area contributed by atoms with Crippen LogP contribution in [-0.2, 0) is 4.79 Å². The quantitative estimate of drug-likeness (QED) is 0.577. The van der Waals surface area contributed by atoms with Crippen molar-refractivity contribution in [1.29, 1.82) is 0 Å². The molecule has 0 amide bonds. The largest absolute Gasteiger partial charge is 0.319 e. The molecule has 0 aliphatic carbocycles. The van der Waals surface area contributed by atoms with Crippen LogP contribution in [0.5, 0.6) is 0 Å². The maximum atomic E-state index is 10.2. The molecule has 0 radical (unpaired) electrons. The Morgan fingerprint density at radius 2 is 2.22 bits per heavy atom. The van der Waals surface area contributed by atoms with Gasteiger partial charge in [-0.2, -0.15) is 0 Å². The average Bonchev–Trinajstić information content (AvgIpc) is 1.84. The lowest BCUT2D eigenvalue weighted by Gasteiger charge is -2.14. The van der Waals surface area contributed by atoms with Crippen molar-refractivity contribution in [3.63, 3.8) is 0 Å². The Morgan fingerprint density at radius 1 is 1.67 bits per heavy atom. The van der Waals surface area contributed by atoms with Gasteiger partial charge in [-0.1, -0.05) is 19.8 Å². The minimum absolute atomic E-state index is 0.587. The van der Waals surface area contributed by atoms with Gasteiger partial charge in [0.25, 0.3) is 0 Å². The Morgan fingerprint density at radius 3 is 2.56 bits per heavy atom. The third-order valence-electron chi connectivity index (χ3n) is 1.34. The van der Waals surface area contributed by atoms with E-state index in [0.29, 0.717) is 0 Å². The third-order valence-corrected chi connectivity index (χ3v) is 1.34. The molecule has 0 bridgehead atoms. The molecule has 0 heterocycles. The number of hydrogen-bond donors (Lipinski definition) is 1. The molecule has 54 valence electrons. The molecule has 0 aliphatic heterocycles. The fraction of sp³-hybridized carbons (Fsp3) is 0.857. The number of aldehydes is 1. The van der Waals surface area contributed by atoms with Crippen molar-refractivity contribution < 1.29 is 4.79 Å². The summed E-state index contributed by atoms with van der Waals surface area (Å²) in [5.41, 5.74) is 4.95. The highest BCUT2D eigenvalue weighted by Crippen LogP contribution is 2.06. The Balaban J connectivity index is 3.45. The number of nitrogens with two attached hydrogens (primary N) is 1. The molecule has 2 heteroatoms. The van der Waals surface area contributed by atoms with E-state index in [1.807, 2.05) is 0 Å². The first-order chi connectivity index (χ1) is 4.12. The van der Waals surface area contributed by atoms with E-state index in [0.717, 1.165) is 25.5 Å². The van der Waals surface area contributed by atoms with E-state index < -0.39 is 5.54 Å². The maximum Gasteiger partial charge on any atom is 0.139 e. The number of carbonyl (C=O) groups excluding carboxylic acids is 1. The summed E-state index contributed by atoms with van der Waals surface area (Å²) in [6.45, 7) is 3.84. The van der Waals surface area contributed by atoms with Crippen LogP contribution in [0.2, 0.25) is 0 Å². The predicted molar refractivity (Wildman–Crippen MR) is 38.2 cm³/mol. The highest BCUT2D eigenvalue weighted by Gasteiger charge is 2.14. The summed E-state index contributed by atoms with van der Waals surface area (Å²) in [6.07, 6.45) is 3.75. The zero-order valence-corrected chi connectivity index (χ0v) is 6.18. The summed E-state index contributed by atoms with van der Waals surface area (Å²) in [4.78, 5) is 10.2. The fourth-order valence-corrected chi connectivity index (χ4v) is 0.617. The predicted octanol–water partition coefficient (Wildman–Crippen LogP) is 1.09. The fourth-order valence-electron chi connectivity index (χ4n) is 0.617. The molecule has 1 atom stereocenters. The average molecular weight is 129 g/mol. The van der Waals surface area contributed by atoms with E-state index in [2.05, 4.69) is 6.92 Å². The summed E-state index contributed by atoms with van der Waals surface area (Å²) < 4.78 is 0. The molecule has 2 N–H and O–H groups in total. The zero-order valence-electron chi connectivity index (χ0n) is 6.18.